The maximum absolute atomic E-state index is 11.5. The Hall–Kier alpha value is -0.530. The minimum Gasteiger partial charge on any atom is -0.387 e. The fraction of sp³-hybridized carbons (Fsp3) is 0.889. The van der Waals surface area contributed by atoms with Gasteiger partial charge in [-0.05, 0) is 5.92 Å². The average molecular weight is 220 g/mol. The fourth-order valence-electron chi connectivity index (χ4n) is 1.39. The monoisotopic (exact) mass is 220 g/mol. The predicted octanol–water partition coefficient (Wildman–Crippen LogP) is -1.99. The number of rotatable bonds is 3. The standard InChI is InChI=1S/C9H16O6/c1-3(2)4(10)5(11)8-6(12)7(13)9(14)15-8/h3-4,6-10,12-14H,1-2H3/t4?,6-,7+,8-,9?/m0/s1. The van der Waals surface area contributed by atoms with Gasteiger partial charge in [-0.25, -0.2) is 0 Å². The molecular formula is C9H16O6. The molecule has 1 saturated heterocycles. The van der Waals surface area contributed by atoms with Crippen LogP contribution < -0.4 is 0 Å². The molecule has 1 rings (SSSR count). The Morgan fingerprint density at radius 3 is 2.07 bits per heavy atom. The van der Waals surface area contributed by atoms with Gasteiger partial charge in [0.25, 0.3) is 0 Å². The molecule has 4 N–H and O–H groups in total. The van der Waals surface area contributed by atoms with Gasteiger partial charge in [-0.2, -0.15) is 0 Å². The van der Waals surface area contributed by atoms with Gasteiger partial charge in [0.1, 0.15) is 18.3 Å². The average Bonchev–Trinajstić information content (AvgIpc) is 2.43. The minimum atomic E-state index is -1.59. The van der Waals surface area contributed by atoms with Crippen LogP contribution in [0.25, 0.3) is 0 Å². The molecule has 0 aromatic rings. The number of hydrogen-bond acceptors (Lipinski definition) is 6. The molecule has 1 heterocycles. The highest BCUT2D eigenvalue weighted by Crippen LogP contribution is 2.22. The van der Waals surface area contributed by atoms with Crippen LogP contribution >= 0.6 is 0 Å². The van der Waals surface area contributed by atoms with Gasteiger partial charge in [0, 0.05) is 0 Å². The zero-order valence-corrected chi connectivity index (χ0v) is 8.57. The molecule has 5 atom stereocenters. The molecule has 6 heteroatoms. The third kappa shape index (κ3) is 2.35. The van der Waals surface area contributed by atoms with E-state index >= 15 is 0 Å². The lowest BCUT2D eigenvalue weighted by Gasteiger charge is -2.19. The van der Waals surface area contributed by atoms with Crippen molar-refractivity contribution in [2.45, 2.75) is 44.6 Å². The Balaban J connectivity index is 2.70. The molecule has 0 bridgehead atoms. The largest absolute Gasteiger partial charge is 0.387 e. The number of aliphatic hydroxyl groups is 4. The van der Waals surface area contributed by atoms with Gasteiger partial charge in [0.15, 0.2) is 18.2 Å². The van der Waals surface area contributed by atoms with Gasteiger partial charge in [0.2, 0.25) is 0 Å². The zero-order chi connectivity index (χ0) is 11.7. The third-order valence-electron chi connectivity index (χ3n) is 2.44. The van der Waals surface area contributed by atoms with Crippen molar-refractivity contribution in [1.82, 2.24) is 0 Å². The minimum absolute atomic E-state index is 0.316. The molecular weight excluding hydrogens is 204 g/mol. The number of Topliss-reactive ketones (excluding diaryl/α,β-unsaturated/α-hetero) is 1. The molecule has 1 aliphatic rings. The van der Waals surface area contributed by atoms with E-state index in [2.05, 4.69) is 4.74 Å². The molecule has 1 fully saturated rings. The summed E-state index contributed by atoms with van der Waals surface area (Å²) in [4.78, 5) is 11.5. The summed E-state index contributed by atoms with van der Waals surface area (Å²) in [6.45, 7) is 3.27. The van der Waals surface area contributed by atoms with Crippen LogP contribution in [0.15, 0.2) is 0 Å². The molecule has 0 aromatic heterocycles. The van der Waals surface area contributed by atoms with E-state index in [-0.39, 0.29) is 5.92 Å². The Morgan fingerprint density at radius 2 is 1.73 bits per heavy atom. The highest BCUT2D eigenvalue weighted by Gasteiger charge is 2.47. The van der Waals surface area contributed by atoms with E-state index < -0.39 is 36.5 Å². The molecule has 0 radical (unpaired) electrons. The van der Waals surface area contributed by atoms with Crippen molar-refractivity contribution in [1.29, 1.82) is 0 Å². The van der Waals surface area contributed by atoms with E-state index in [1.807, 2.05) is 0 Å². The van der Waals surface area contributed by atoms with Crippen molar-refractivity contribution in [3.63, 3.8) is 0 Å². The molecule has 0 aromatic carbocycles. The first-order chi connectivity index (χ1) is 6.86. The van der Waals surface area contributed by atoms with Crippen molar-refractivity contribution in [3.8, 4) is 0 Å². The Kier molecular flexibility index (Phi) is 3.80. The second-order valence-electron chi connectivity index (χ2n) is 4.02. The van der Waals surface area contributed by atoms with Crippen LogP contribution in [0.2, 0.25) is 0 Å². The topological polar surface area (TPSA) is 107 Å². The molecule has 2 unspecified atom stereocenters. The Bertz CT molecular complexity index is 241. The summed E-state index contributed by atoms with van der Waals surface area (Å²) in [5, 5.41) is 37.0. The molecule has 88 valence electrons. The van der Waals surface area contributed by atoms with Crippen LogP contribution in [-0.2, 0) is 9.53 Å². The van der Waals surface area contributed by atoms with Crippen LogP contribution in [0.1, 0.15) is 13.8 Å². The second kappa shape index (κ2) is 4.54. The fourth-order valence-corrected chi connectivity index (χ4v) is 1.39. The Labute approximate surface area is 87.1 Å². The molecule has 0 saturated carbocycles. The van der Waals surface area contributed by atoms with E-state index in [1.165, 1.54) is 0 Å². The van der Waals surface area contributed by atoms with Crippen molar-refractivity contribution < 1.29 is 30.0 Å². The SMILES string of the molecule is CC(C)C(O)C(=O)[C@@H]1OC(O)[C@H](O)[C@@H]1O. The molecule has 0 aliphatic carbocycles. The quantitative estimate of drug-likeness (QED) is 0.438. The zero-order valence-electron chi connectivity index (χ0n) is 8.57. The maximum atomic E-state index is 11.5. The van der Waals surface area contributed by atoms with Gasteiger partial charge in [-0.1, -0.05) is 13.8 Å². The first-order valence-corrected chi connectivity index (χ1v) is 4.77. The smallest absolute Gasteiger partial charge is 0.193 e. The Morgan fingerprint density at radius 1 is 1.20 bits per heavy atom. The summed E-state index contributed by atoms with van der Waals surface area (Å²) in [5.74, 6) is -1.05. The highest BCUT2D eigenvalue weighted by atomic mass is 16.6. The number of ketones is 1. The van der Waals surface area contributed by atoms with Gasteiger partial charge in [-0.3, -0.25) is 4.79 Å². The maximum Gasteiger partial charge on any atom is 0.193 e. The predicted molar refractivity (Wildman–Crippen MR) is 48.7 cm³/mol. The molecule has 0 spiro atoms. The van der Waals surface area contributed by atoms with Gasteiger partial charge in [-0.15, -0.1) is 0 Å². The number of aliphatic hydroxyl groups excluding tert-OH is 4. The first kappa shape index (κ1) is 12.5. The van der Waals surface area contributed by atoms with Gasteiger partial charge in [0.05, 0.1) is 0 Å². The molecule has 1 aliphatic heterocycles. The summed E-state index contributed by atoms with van der Waals surface area (Å²) in [7, 11) is 0. The summed E-state index contributed by atoms with van der Waals surface area (Å²) < 4.78 is 4.66. The lowest BCUT2D eigenvalue weighted by atomic mass is 9.96. The lowest BCUT2D eigenvalue weighted by molar-refractivity contribution is -0.157. The molecule has 6 nitrogen and oxygen atoms in total. The van der Waals surface area contributed by atoms with Crippen LogP contribution in [0.3, 0.4) is 0 Å². The van der Waals surface area contributed by atoms with Crippen LogP contribution in [-0.4, -0.2) is 56.9 Å². The number of carbonyl (C=O) groups excluding carboxylic acids is 1. The summed E-state index contributed by atoms with van der Waals surface area (Å²) >= 11 is 0. The van der Waals surface area contributed by atoms with Gasteiger partial charge >= 0.3 is 0 Å². The number of ether oxygens (including phenoxy) is 1. The normalized spacial score (nSPS) is 38.3. The van der Waals surface area contributed by atoms with Crippen LogP contribution in [0.4, 0.5) is 0 Å². The lowest BCUT2D eigenvalue weighted by Crippen LogP contribution is -2.43. The second-order valence-corrected chi connectivity index (χ2v) is 4.02. The van der Waals surface area contributed by atoms with E-state index in [1.54, 1.807) is 13.8 Å². The van der Waals surface area contributed by atoms with Crippen molar-refractivity contribution in [3.05, 3.63) is 0 Å². The molecule has 0 amide bonds. The summed E-state index contributed by atoms with van der Waals surface area (Å²) in [6, 6.07) is 0. The van der Waals surface area contributed by atoms with Gasteiger partial charge < -0.3 is 25.2 Å². The number of hydrogen-bond donors (Lipinski definition) is 4. The van der Waals surface area contributed by atoms with E-state index in [0.29, 0.717) is 0 Å². The third-order valence-corrected chi connectivity index (χ3v) is 2.44. The van der Waals surface area contributed by atoms with Crippen molar-refractivity contribution >= 4 is 5.78 Å². The van der Waals surface area contributed by atoms with E-state index in [4.69, 9.17) is 10.2 Å². The van der Waals surface area contributed by atoms with Crippen LogP contribution in [0.5, 0.6) is 0 Å². The van der Waals surface area contributed by atoms with Crippen molar-refractivity contribution in [2.75, 3.05) is 0 Å². The molecule has 15 heavy (non-hydrogen) atoms. The van der Waals surface area contributed by atoms with E-state index in [0.717, 1.165) is 0 Å². The first-order valence-electron chi connectivity index (χ1n) is 4.77. The highest BCUT2D eigenvalue weighted by molar-refractivity contribution is 5.88. The summed E-state index contributed by atoms with van der Waals surface area (Å²) in [5.41, 5.74) is 0. The number of carbonyl (C=O) groups is 1. The van der Waals surface area contributed by atoms with Crippen molar-refractivity contribution in [2.24, 2.45) is 5.92 Å². The summed E-state index contributed by atoms with van der Waals surface area (Å²) in [6.07, 6.45) is -7.25. The van der Waals surface area contributed by atoms with Crippen LogP contribution in [0, 0.1) is 5.92 Å². The van der Waals surface area contributed by atoms with E-state index in [9.17, 15) is 15.0 Å².